The first-order chi connectivity index (χ1) is 17.2. The van der Waals surface area contributed by atoms with Crippen molar-refractivity contribution in [2.45, 2.75) is 6.18 Å². The minimum absolute atomic E-state index is 0.163. The molecule has 0 unspecified atom stereocenters. The van der Waals surface area contributed by atoms with E-state index in [1.54, 1.807) is 24.3 Å². The van der Waals surface area contributed by atoms with Gasteiger partial charge in [0.25, 0.3) is 11.8 Å². The van der Waals surface area contributed by atoms with Crippen molar-refractivity contribution >= 4 is 40.5 Å². The lowest BCUT2D eigenvalue weighted by Crippen LogP contribution is -2.15. The largest absolute Gasteiger partial charge is 0.416 e. The molecule has 0 fully saturated rings. The number of amides is 2. The number of aromatic nitrogens is 2. The summed E-state index contributed by atoms with van der Waals surface area (Å²) in [5.74, 6) is -0.932. The first kappa shape index (κ1) is 24.2. The maximum atomic E-state index is 12.9. The average Bonchev–Trinajstić information content (AvgIpc) is 2.85. The van der Waals surface area contributed by atoms with Crippen LogP contribution in [-0.2, 0) is 6.18 Å². The summed E-state index contributed by atoms with van der Waals surface area (Å²) in [4.78, 5) is 33.4. The van der Waals surface area contributed by atoms with E-state index in [9.17, 15) is 22.8 Å². The van der Waals surface area contributed by atoms with Crippen molar-refractivity contribution < 1.29 is 22.8 Å². The van der Waals surface area contributed by atoms with Gasteiger partial charge in [-0.05, 0) is 54.6 Å². The van der Waals surface area contributed by atoms with Crippen LogP contribution in [0.3, 0.4) is 0 Å². The Kier molecular flexibility index (Phi) is 6.81. The minimum atomic E-state index is -4.57. The standard InChI is InChI=1S/C25H19F3N6O2/c26-25(27,28)17-6-1-4-15(10-17)22(35)32-19-8-2-5-16(11-19)23(36)33-21-13-30-24(31-14-21)34-20-9-3-7-18(29)12-20/h1-14H,29H2,(H,32,35)(H,33,36)(H,30,31,34). The predicted octanol–water partition coefficient (Wildman–Crippen LogP) is 5.33. The van der Waals surface area contributed by atoms with E-state index in [0.29, 0.717) is 23.0 Å². The number of nitrogens with one attached hydrogen (secondary N) is 3. The zero-order valence-electron chi connectivity index (χ0n) is 18.5. The number of carbonyl (C=O) groups is 2. The van der Waals surface area contributed by atoms with Gasteiger partial charge in [0.15, 0.2) is 0 Å². The number of anilines is 5. The number of alkyl halides is 3. The molecule has 0 aliphatic carbocycles. The van der Waals surface area contributed by atoms with E-state index in [4.69, 9.17) is 5.73 Å². The highest BCUT2D eigenvalue weighted by Crippen LogP contribution is 2.29. The van der Waals surface area contributed by atoms with Crippen molar-refractivity contribution in [2.75, 3.05) is 21.7 Å². The Morgan fingerprint density at radius 3 is 1.97 bits per heavy atom. The number of nitrogens with two attached hydrogens (primary N) is 1. The van der Waals surface area contributed by atoms with E-state index in [1.807, 2.05) is 0 Å². The SMILES string of the molecule is Nc1cccc(Nc2ncc(NC(=O)c3cccc(NC(=O)c4cccc(C(F)(F)F)c4)c3)cn2)c1. The summed E-state index contributed by atoms with van der Waals surface area (Å²) in [6, 6.07) is 17.1. The summed E-state index contributed by atoms with van der Waals surface area (Å²) in [7, 11) is 0. The molecule has 0 radical (unpaired) electrons. The smallest absolute Gasteiger partial charge is 0.399 e. The van der Waals surface area contributed by atoms with Gasteiger partial charge in [-0.2, -0.15) is 13.2 Å². The second-order valence-corrected chi connectivity index (χ2v) is 7.61. The quantitative estimate of drug-likeness (QED) is 0.270. The molecule has 0 bridgehead atoms. The number of nitrogens with zero attached hydrogens (tertiary/aromatic N) is 2. The molecular weight excluding hydrogens is 473 g/mol. The molecule has 0 saturated heterocycles. The normalized spacial score (nSPS) is 11.0. The van der Waals surface area contributed by atoms with Gasteiger partial charge in [-0.25, -0.2) is 9.97 Å². The third-order valence-electron chi connectivity index (χ3n) is 4.89. The fourth-order valence-corrected chi connectivity index (χ4v) is 3.18. The molecule has 0 saturated carbocycles. The molecule has 11 heteroatoms. The number of carbonyl (C=O) groups excluding carboxylic acids is 2. The second kappa shape index (κ2) is 10.1. The maximum absolute atomic E-state index is 12.9. The molecular formula is C25H19F3N6O2. The summed E-state index contributed by atoms with van der Waals surface area (Å²) in [5.41, 5.74) is 6.71. The molecule has 36 heavy (non-hydrogen) atoms. The summed E-state index contributed by atoms with van der Waals surface area (Å²) < 4.78 is 38.8. The highest BCUT2D eigenvalue weighted by molar-refractivity contribution is 6.07. The van der Waals surface area contributed by atoms with Gasteiger partial charge in [0, 0.05) is 28.2 Å². The van der Waals surface area contributed by atoms with E-state index in [-0.39, 0.29) is 16.8 Å². The third kappa shape index (κ3) is 6.14. The number of rotatable bonds is 6. The molecule has 0 aliphatic heterocycles. The number of benzene rings is 3. The van der Waals surface area contributed by atoms with Crippen LogP contribution in [0.4, 0.5) is 41.9 Å². The van der Waals surface area contributed by atoms with Crippen LogP contribution < -0.4 is 21.7 Å². The Bertz CT molecular complexity index is 1410. The van der Waals surface area contributed by atoms with E-state index in [1.165, 1.54) is 42.7 Å². The first-order valence-corrected chi connectivity index (χ1v) is 10.5. The van der Waals surface area contributed by atoms with Gasteiger partial charge in [-0.3, -0.25) is 9.59 Å². The van der Waals surface area contributed by atoms with Crippen molar-refractivity contribution in [3.05, 3.63) is 102 Å². The zero-order chi connectivity index (χ0) is 25.7. The summed E-state index contributed by atoms with van der Waals surface area (Å²) in [6.07, 6.45) is -1.74. The van der Waals surface area contributed by atoms with E-state index in [2.05, 4.69) is 25.9 Å². The molecule has 4 aromatic rings. The Morgan fingerprint density at radius 2 is 1.31 bits per heavy atom. The highest BCUT2D eigenvalue weighted by atomic mass is 19.4. The summed E-state index contributed by atoms with van der Waals surface area (Å²) in [5, 5.41) is 8.14. The van der Waals surface area contributed by atoms with Crippen LogP contribution in [0.25, 0.3) is 0 Å². The Hall–Kier alpha value is -4.93. The predicted molar refractivity (Wildman–Crippen MR) is 130 cm³/mol. The number of nitrogen functional groups attached to an aromatic ring is 1. The lowest BCUT2D eigenvalue weighted by molar-refractivity contribution is -0.137. The van der Waals surface area contributed by atoms with Gasteiger partial charge in [0.1, 0.15) is 0 Å². The van der Waals surface area contributed by atoms with E-state index < -0.39 is 23.6 Å². The van der Waals surface area contributed by atoms with Crippen LogP contribution in [0.2, 0.25) is 0 Å². The topological polar surface area (TPSA) is 122 Å². The van der Waals surface area contributed by atoms with Gasteiger partial charge >= 0.3 is 6.18 Å². The van der Waals surface area contributed by atoms with Crippen molar-refractivity contribution in [3.8, 4) is 0 Å². The molecule has 4 rings (SSSR count). The Morgan fingerprint density at radius 1 is 0.722 bits per heavy atom. The zero-order valence-corrected chi connectivity index (χ0v) is 18.5. The molecule has 1 heterocycles. The Labute approximate surface area is 203 Å². The molecule has 1 aromatic heterocycles. The van der Waals surface area contributed by atoms with Crippen LogP contribution in [-0.4, -0.2) is 21.8 Å². The van der Waals surface area contributed by atoms with Crippen molar-refractivity contribution in [3.63, 3.8) is 0 Å². The molecule has 0 aliphatic rings. The molecule has 0 spiro atoms. The van der Waals surface area contributed by atoms with Gasteiger partial charge in [0.05, 0.1) is 23.6 Å². The number of hydrogen-bond donors (Lipinski definition) is 4. The van der Waals surface area contributed by atoms with E-state index >= 15 is 0 Å². The molecule has 8 nitrogen and oxygen atoms in total. The molecule has 2 amide bonds. The molecule has 3 aromatic carbocycles. The van der Waals surface area contributed by atoms with Crippen LogP contribution in [0.5, 0.6) is 0 Å². The second-order valence-electron chi connectivity index (χ2n) is 7.61. The molecule has 182 valence electrons. The van der Waals surface area contributed by atoms with Crippen molar-refractivity contribution in [2.24, 2.45) is 0 Å². The molecule has 0 atom stereocenters. The monoisotopic (exact) mass is 492 g/mol. The van der Waals surface area contributed by atoms with Gasteiger partial charge in [0.2, 0.25) is 5.95 Å². The van der Waals surface area contributed by atoms with Gasteiger partial charge < -0.3 is 21.7 Å². The summed E-state index contributed by atoms with van der Waals surface area (Å²) in [6.45, 7) is 0. The number of halogens is 3. The Balaban J connectivity index is 1.40. The number of hydrogen-bond acceptors (Lipinski definition) is 6. The lowest BCUT2D eigenvalue weighted by atomic mass is 10.1. The van der Waals surface area contributed by atoms with Crippen molar-refractivity contribution in [1.29, 1.82) is 0 Å². The summed E-state index contributed by atoms with van der Waals surface area (Å²) >= 11 is 0. The maximum Gasteiger partial charge on any atom is 0.416 e. The lowest BCUT2D eigenvalue weighted by Gasteiger charge is -2.10. The van der Waals surface area contributed by atoms with E-state index in [0.717, 1.165) is 18.2 Å². The molecule has 5 N–H and O–H groups in total. The average molecular weight is 492 g/mol. The van der Waals surface area contributed by atoms with Crippen LogP contribution in [0, 0.1) is 0 Å². The van der Waals surface area contributed by atoms with Crippen molar-refractivity contribution in [1.82, 2.24) is 9.97 Å². The van der Waals surface area contributed by atoms with Gasteiger partial charge in [-0.1, -0.05) is 18.2 Å². The highest BCUT2D eigenvalue weighted by Gasteiger charge is 2.30. The third-order valence-corrected chi connectivity index (χ3v) is 4.89. The van der Waals surface area contributed by atoms with Crippen LogP contribution in [0.1, 0.15) is 26.3 Å². The van der Waals surface area contributed by atoms with Gasteiger partial charge in [-0.15, -0.1) is 0 Å². The minimum Gasteiger partial charge on any atom is -0.399 e. The van der Waals surface area contributed by atoms with Crippen LogP contribution in [0.15, 0.2) is 85.2 Å². The fourth-order valence-electron chi connectivity index (χ4n) is 3.18. The fraction of sp³-hybridized carbons (Fsp3) is 0.0400. The first-order valence-electron chi connectivity index (χ1n) is 10.5. The van der Waals surface area contributed by atoms with Crippen LogP contribution >= 0.6 is 0 Å².